The fourth-order valence-corrected chi connectivity index (χ4v) is 5.62. The minimum atomic E-state index is -1.33. The van der Waals surface area contributed by atoms with Crippen molar-refractivity contribution in [1.82, 2.24) is 5.32 Å². The summed E-state index contributed by atoms with van der Waals surface area (Å²) in [5.41, 5.74) is 1.38. The van der Waals surface area contributed by atoms with Gasteiger partial charge in [0.2, 0.25) is 5.91 Å². The SMILES string of the molecule is CO.COc1cc2cc(c1Cl)N(C)C(=O)CCC1(C)CC1CC1C[C@](O)(C/C=C/C=C(\C)C2)NC(=O)O1. The Morgan fingerprint density at radius 1 is 1.24 bits per heavy atom. The molecule has 3 unspecified atom stereocenters. The van der Waals surface area contributed by atoms with E-state index in [2.05, 4.69) is 12.2 Å². The third kappa shape index (κ3) is 7.06. The van der Waals surface area contributed by atoms with Gasteiger partial charge in [-0.1, -0.05) is 42.3 Å². The average Bonchev–Trinajstić information content (AvgIpc) is 3.49. The summed E-state index contributed by atoms with van der Waals surface area (Å²) in [6.45, 7) is 4.19. The number of benzene rings is 1. The van der Waals surface area contributed by atoms with Crippen molar-refractivity contribution in [3.8, 4) is 5.75 Å². The minimum absolute atomic E-state index is 0.00578. The van der Waals surface area contributed by atoms with E-state index in [0.29, 0.717) is 54.5 Å². The molecule has 1 saturated heterocycles. The van der Waals surface area contributed by atoms with Crippen LogP contribution in [0.15, 0.2) is 35.9 Å². The number of alkyl carbamates (subject to hydrolysis) is 1. The molecule has 37 heavy (non-hydrogen) atoms. The van der Waals surface area contributed by atoms with E-state index in [1.807, 2.05) is 37.3 Å². The number of rotatable bonds is 1. The van der Waals surface area contributed by atoms with Gasteiger partial charge >= 0.3 is 6.09 Å². The molecule has 3 aliphatic rings. The number of nitrogens with one attached hydrogen (secondary N) is 1. The monoisotopic (exact) mass is 534 g/mol. The largest absolute Gasteiger partial charge is 0.495 e. The van der Waals surface area contributed by atoms with Crippen LogP contribution in [0.4, 0.5) is 10.5 Å². The predicted octanol–water partition coefficient (Wildman–Crippen LogP) is 4.75. The van der Waals surface area contributed by atoms with E-state index in [-0.39, 0.29) is 17.4 Å². The van der Waals surface area contributed by atoms with Gasteiger partial charge in [-0.05, 0) is 61.6 Å². The topological polar surface area (TPSA) is 108 Å². The van der Waals surface area contributed by atoms with Gasteiger partial charge in [0.05, 0.1) is 12.8 Å². The van der Waals surface area contributed by atoms with E-state index in [4.69, 9.17) is 26.2 Å². The van der Waals surface area contributed by atoms with Gasteiger partial charge in [-0.25, -0.2) is 4.79 Å². The number of nitrogens with zero attached hydrogens (tertiary/aromatic N) is 1. The van der Waals surface area contributed by atoms with Gasteiger partial charge in [-0.2, -0.15) is 0 Å². The number of aliphatic hydroxyl groups excluding tert-OH is 1. The molecule has 0 spiro atoms. The lowest BCUT2D eigenvalue weighted by atomic mass is 9.92. The van der Waals surface area contributed by atoms with E-state index < -0.39 is 11.8 Å². The zero-order valence-electron chi connectivity index (χ0n) is 22.3. The lowest BCUT2D eigenvalue weighted by Crippen LogP contribution is -2.56. The average molecular weight is 535 g/mol. The van der Waals surface area contributed by atoms with Crippen LogP contribution in [-0.2, 0) is 16.0 Å². The number of hydrogen-bond donors (Lipinski definition) is 3. The molecule has 4 bridgehead atoms. The summed E-state index contributed by atoms with van der Waals surface area (Å²) < 4.78 is 11.0. The molecule has 0 radical (unpaired) electrons. The molecule has 2 amide bonds. The quantitative estimate of drug-likeness (QED) is 0.480. The number of halogens is 1. The third-order valence-electron chi connectivity index (χ3n) is 7.66. The van der Waals surface area contributed by atoms with E-state index in [9.17, 15) is 14.7 Å². The van der Waals surface area contributed by atoms with E-state index in [1.54, 1.807) is 19.1 Å². The molecule has 1 aromatic carbocycles. The van der Waals surface area contributed by atoms with Gasteiger partial charge in [0.1, 0.15) is 22.6 Å². The molecular weight excluding hydrogens is 496 g/mol. The fourth-order valence-electron chi connectivity index (χ4n) is 5.31. The lowest BCUT2D eigenvalue weighted by molar-refractivity contribution is -0.118. The number of amides is 2. The number of carbonyl (C=O) groups excluding carboxylic acids is 2. The van der Waals surface area contributed by atoms with Gasteiger partial charge in [0.15, 0.2) is 0 Å². The van der Waals surface area contributed by atoms with Crippen molar-refractivity contribution in [2.24, 2.45) is 11.3 Å². The zero-order chi connectivity index (χ0) is 27.4. The molecule has 4 atom stereocenters. The van der Waals surface area contributed by atoms with Gasteiger partial charge in [0.25, 0.3) is 0 Å². The second-order valence-electron chi connectivity index (χ2n) is 10.6. The molecule has 1 aromatic rings. The summed E-state index contributed by atoms with van der Waals surface area (Å²) in [4.78, 5) is 26.9. The first-order chi connectivity index (χ1) is 17.5. The van der Waals surface area contributed by atoms with Crippen molar-refractivity contribution >= 4 is 29.3 Å². The van der Waals surface area contributed by atoms with Gasteiger partial charge in [0, 0.05) is 33.4 Å². The third-order valence-corrected chi connectivity index (χ3v) is 8.04. The van der Waals surface area contributed by atoms with Crippen LogP contribution in [0, 0.1) is 11.3 Å². The summed E-state index contributed by atoms with van der Waals surface area (Å²) in [5, 5.41) is 21.0. The normalized spacial score (nSPS) is 32.4. The molecule has 2 aliphatic heterocycles. The summed E-state index contributed by atoms with van der Waals surface area (Å²) in [7, 11) is 4.32. The van der Waals surface area contributed by atoms with Gasteiger partial charge in [-0.3, -0.25) is 10.1 Å². The Kier molecular flexibility index (Phi) is 9.32. The Bertz CT molecular complexity index is 1070. The van der Waals surface area contributed by atoms with Crippen LogP contribution in [0.2, 0.25) is 5.02 Å². The highest BCUT2D eigenvalue weighted by molar-refractivity contribution is 6.35. The Hall–Kier alpha value is -2.55. The highest BCUT2D eigenvalue weighted by Gasteiger charge is 2.52. The van der Waals surface area contributed by atoms with Crippen LogP contribution in [0.25, 0.3) is 0 Å². The zero-order valence-corrected chi connectivity index (χ0v) is 23.1. The maximum Gasteiger partial charge on any atom is 0.409 e. The van der Waals surface area contributed by atoms with E-state index in [1.165, 1.54) is 0 Å². The molecule has 4 rings (SSSR count). The van der Waals surface area contributed by atoms with E-state index in [0.717, 1.165) is 31.1 Å². The molecular formula is C28H39ClN2O6. The van der Waals surface area contributed by atoms with Crippen molar-refractivity contribution in [2.75, 3.05) is 26.2 Å². The Labute approximate surface area is 224 Å². The van der Waals surface area contributed by atoms with Crippen LogP contribution < -0.4 is 15.0 Å². The van der Waals surface area contributed by atoms with Gasteiger partial charge < -0.3 is 24.6 Å². The van der Waals surface area contributed by atoms with Crippen LogP contribution in [0.5, 0.6) is 5.75 Å². The summed E-state index contributed by atoms with van der Waals surface area (Å²) in [6, 6.07) is 3.84. The second-order valence-corrected chi connectivity index (χ2v) is 11.0. The molecule has 3 N–H and O–H groups in total. The summed E-state index contributed by atoms with van der Waals surface area (Å²) >= 11 is 6.59. The van der Waals surface area contributed by atoms with Crippen molar-refractivity contribution in [3.63, 3.8) is 0 Å². The molecule has 2 heterocycles. The minimum Gasteiger partial charge on any atom is -0.495 e. The highest BCUT2D eigenvalue weighted by Crippen LogP contribution is 2.58. The molecule has 0 aromatic heterocycles. The molecule has 1 saturated carbocycles. The maximum atomic E-state index is 13.1. The Balaban J connectivity index is 0.00000186. The number of allylic oxidation sites excluding steroid dienone is 3. The van der Waals surface area contributed by atoms with Crippen LogP contribution in [-0.4, -0.2) is 55.3 Å². The molecule has 2 fully saturated rings. The number of methoxy groups -OCH3 is 1. The summed E-state index contributed by atoms with van der Waals surface area (Å²) in [6.07, 6.45) is 8.86. The lowest BCUT2D eigenvalue weighted by Gasteiger charge is -2.37. The Morgan fingerprint density at radius 3 is 2.68 bits per heavy atom. The maximum absolute atomic E-state index is 13.1. The number of ether oxygens (including phenoxy) is 2. The van der Waals surface area contributed by atoms with Crippen molar-refractivity contribution < 1.29 is 29.3 Å². The molecule has 8 nitrogen and oxygen atoms in total. The molecule has 1 aliphatic carbocycles. The van der Waals surface area contributed by atoms with Crippen molar-refractivity contribution in [1.29, 1.82) is 0 Å². The first-order valence-electron chi connectivity index (χ1n) is 12.6. The number of fused-ring (bicyclic) bond motifs is 5. The predicted molar refractivity (Wildman–Crippen MR) is 144 cm³/mol. The van der Waals surface area contributed by atoms with Crippen LogP contribution in [0.3, 0.4) is 0 Å². The fraction of sp³-hybridized carbons (Fsp3) is 0.571. The standard InChI is InChI=1S/C27H35ClN2O5.CH4O/c1-17-7-5-6-9-27(33)16-20(35-25(32)29-27)14-19-15-26(19,2)10-8-23(31)30(3)21-12-18(11-17)13-22(34-4)24(21)28;1-2/h5-7,12-13,19-20,33H,8-11,14-16H2,1-4H3,(H,29,32);2H,1H3/b6-5+,17-7+;/t19?,20?,26?,27-;/m1./s1. The molecule has 9 heteroatoms. The number of anilines is 1. The second kappa shape index (κ2) is 11.9. The first-order valence-corrected chi connectivity index (χ1v) is 13.0. The van der Waals surface area contributed by atoms with Gasteiger partial charge in [-0.15, -0.1) is 0 Å². The highest BCUT2D eigenvalue weighted by atomic mass is 35.5. The smallest absolute Gasteiger partial charge is 0.409 e. The Morgan fingerprint density at radius 2 is 1.97 bits per heavy atom. The van der Waals surface area contributed by atoms with E-state index >= 15 is 0 Å². The number of carbonyl (C=O) groups is 2. The van der Waals surface area contributed by atoms with Crippen molar-refractivity contribution in [2.45, 2.75) is 70.6 Å². The van der Waals surface area contributed by atoms with Crippen LogP contribution in [0.1, 0.15) is 57.9 Å². The summed E-state index contributed by atoms with van der Waals surface area (Å²) in [5.74, 6) is 0.872. The molecule has 204 valence electrons. The number of hydrogen-bond acceptors (Lipinski definition) is 6. The first kappa shape index (κ1) is 29.0. The van der Waals surface area contributed by atoms with Crippen molar-refractivity contribution in [3.05, 3.63) is 46.5 Å². The van der Waals surface area contributed by atoms with Crippen LogP contribution >= 0.6 is 11.6 Å². The number of aliphatic hydroxyl groups is 2.